The minimum Gasteiger partial charge on any atom is -0.368 e. The first-order valence-corrected chi connectivity index (χ1v) is 10.0. The molecule has 2 aliphatic heterocycles. The summed E-state index contributed by atoms with van der Waals surface area (Å²) in [5, 5.41) is 0. The number of aryl methyl sites for hydroxylation is 1. The number of carbonyl (C=O) groups is 1. The van der Waals surface area contributed by atoms with Crippen LogP contribution in [0.5, 0.6) is 0 Å². The molecule has 0 bridgehead atoms. The van der Waals surface area contributed by atoms with Crippen LogP contribution in [0.2, 0.25) is 0 Å². The molecule has 2 aromatic rings. The molecule has 1 aromatic carbocycles. The monoisotopic (exact) mass is 380 g/mol. The number of nitrogens with one attached hydrogen (secondary N) is 2. The lowest BCUT2D eigenvalue weighted by molar-refractivity contribution is 0.0629. The van der Waals surface area contributed by atoms with Crippen molar-refractivity contribution < 1.29 is 4.79 Å². The van der Waals surface area contributed by atoms with Crippen molar-refractivity contribution >= 4 is 11.9 Å². The van der Waals surface area contributed by atoms with Gasteiger partial charge in [0.15, 0.2) is 0 Å². The van der Waals surface area contributed by atoms with Gasteiger partial charge >= 0.3 is 0 Å². The molecule has 3 heterocycles. The number of hydrazine groups is 1. The Labute approximate surface area is 165 Å². The number of benzene rings is 1. The summed E-state index contributed by atoms with van der Waals surface area (Å²) < 4.78 is 0. The van der Waals surface area contributed by atoms with Gasteiger partial charge in [-0.1, -0.05) is 30.3 Å². The Morgan fingerprint density at radius 3 is 2.89 bits per heavy atom. The minimum atomic E-state index is -0.0486. The van der Waals surface area contributed by atoms with Crippen LogP contribution in [0.4, 0.5) is 5.95 Å². The van der Waals surface area contributed by atoms with Crippen LogP contribution in [0.25, 0.3) is 0 Å². The highest BCUT2D eigenvalue weighted by Crippen LogP contribution is 2.28. The van der Waals surface area contributed by atoms with E-state index >= 15 is 0 Å². The highest BCUT2D eigenvalue weighted by molar-refractivity contribution is 5.92. The van der Waals surface area contributed by atoms with Crippen LogP contribution in [0.15, 0.2) is 36.4 Å². The normalized spacial score (nSPS) is 25.0. The number of piperidine rings is 1. The topological polar surface area (TPSA) is 96.2 Å². The van der Waals surface area contributed by atoms with E-state index < -0.39 is 0 Å². The van der Waals surface area contributed by atoms with Gasteiger partial charge in [0, 0.05) is 31.4 Å². The molecule has 7 heteroatoms. The number of aromatic nitrogens is 2. The van der Waals surface area contributed by atoms with Crippen molar-refractivity contribution in [2.24, 2.45) is 11.8 Å². The lowest BCUT2D eigenvalue weighted by atomic mass is 9.81. The third-order valence-electron chi connectivity index (χ3n) is 5.83. The van der Waals surface area contributed by atoms with Crippen molar-refractivity contribution in [2.45, 2.75) is 32.2 Å². The predicted molar refractivity (Wildman–Crippen MR) is 108 cm³/mol. The van der Waals surface area contributed by atoms with Gasteiger partial charge in [-0.3, -0.25) is 15.6 Å². The van der Waals surface area contributed by atoms with Crippen LogP contribution in [0, 0.1) is 18.8 Å². The molecular formula is C21H28N6O. The molecule has 148 valence electrons. The molecule has 0 aliphatic carbocycles. The number of hydrogen-bond acceptors (Lipinski definition) is 6. The number of likely N-dealkylation sites (tertiary alicyclic amines) is 1. The van der Waals surface area contributed by atoms with E-state index in [1.807, 2.05) is 11.8 Å². The van der Waals surface area contributed by atoms with Crippen molar-refractivity contribution in [3.63, 3.8) is 0 Å². The lowest BCUT2D eigenvalue weighted by Crippen LogP contribution is -2.49. The zero-order chi connectivity index (χ0) is 19.5. The summed E-state index contributed by atoms with van der Waals surface area (Å²) in [6.07, 6.45) is 3.17. The van der Waals surface area contributed by atoms with E-state index in [-0.39, 0.29) is 11.9 Å². The molecule has 2 saturated heterocycles. The van der Waals surface area contributed by atoms with Gasteiger partial charge in [0.05, 0.1) is 0 Å². The molecule has 4 N–H and O–H groups in total. The van der Waals surface area contributed by atoms with E-state index in [4.69, 9.17) is 5.73 Å². The van der Waals surface area contributed by atoms with E-state index in [2.05, 4.69) is 51.2 Å². The Bertz CT molecular complexity index is 807. The molecule has 3 unspecified atom stereocenters. The minimum absolute atomic E-state index is 0.0486. The van der Waals surface area contributed by atoms with Crippen LogP contribution in [0.3, 0.4) is 0 Å². The summed E-state index contributed by atoms with van der Waals surface area (Å²) in [5.74, 6) is 1.04. The standard InChI is InChI=1S/C21H28N6O/c1-14-10-18(25-21(22)24-14)20(28)27-9-5-8-16(13-27)19-17(12-23-26-19)11-15-6-3-2-4-7-15/h2-4,6-7,10,16-17,19,23,26H,5,8-9,11-13H2,1H3,(H2,22,24,25). The van der Waals surface area contributed by atoms with Crippen molar-refractivity contribution in [3.05, 3.63) is 53.3 Å². The second-order valence-corrected chi connectivity index (χ2v) is 7.91. The van der Waals surface area contributed by atoms with Crippen molar-refractivity contribution in [1.29, 1.82) is 0 Å². The first kappa shape index (κ1) is 18.8. The van der Waals surface area contributed by atoms with E-state index in [0.717, 1.165) is 38.9 Å². The first-order valence-electron chi connectivity index (χ1n) is 10.0. The van der Waals surface area contributed by atoms with E-state index in [1.54, 1.807) is 6.07 Å². The van der Waals surface area contributed by atoms with Crippen LogP contribution in [-0.4, -0.2) is 46.5 Å². The molecule has 0 radical (unpaired) electrons. The molecule has 28 heavy (non-hydrogen) atoms. The summed E-state index contributed by atoms with van der Waals surface area (Å²) in [6.45, 7) is 4.29. The molecule has 1 aromatic heterocycles. The predicted octanol–water partition coefficient (Wildman–Crippen LogP) is 1.55. The zero-order valence-corrected chi connectivity index (χ0v) is 16.3. The van der Waals surface area contributed by atoms with Gasteiger partial charge in [-0.25, -0.2) is 9.97 Å². The summed E-state index contributed by atoms with van der Waals surface area (Å²) in [6, 6.07) is 12.7. The molecule has 1 amide bonds. The zero-order valence-electron chi connectivity index (χ0n) is 16.3. The number of rotatable bonds is 4. The third kappa shape index (κ3) is 4.15. The maximum Gasteiger partial charge on any atom is 0.272 e. The number of anilines is 1. The fourth-order valence-electron chi connectivity index (χ4n) is 4.52. The maximum atomic E-state index is 13.0. The van der Waals surface area contributed by atoms with Crippen molar-refractivity contribution in [3.8, 4) is 0 Å². The van der Waals surface area contributed by atoms with Gasteiger partial charge in [-0.05, 0) is 49.7 Å². The fraction of sp³-hybridized carbons (Fsp3) is 0.476. The second kappa shape index (κ2) is 8.24. The molecule has 0 saturated carbocycles. The van der Waals surface area contributed by atoms with Gasteiger partial charge in [-0.2, -0.15) is 0 Å². The van der Waals surface area contributed by atoms with Gasteiger partial charge < -0.3 is 10.6 Å². The number of nitrogens with two attached hydrogens (primary N) is 1. The molecule has 2 fully saturated rings. The largest absolute Gasteiger partial charge is 0.368 e. The lowest BCUT2D eigenvalue weighted by Gasteiger charge is -2.37. The fourth-order valence-corrected chi connectivity index (χ4v) is 4.52. The van der Waals surface area contributed by atoms with Crippen LogP contribution in [-0.2, 0) is 6.42 Å². The van der Waals surface area contributed by atoms with Gasteiger partial charge in [0.2, 0.25) is 5.95 Å². The SMILES string of the molecule is Cc1cc(C(=O)N2CCCC(C3NNCC3Cc3ccccc3)C2)nc(N)n1. The number of nitrogen functional groups attached to an aromatic ring is 1. The van der Waals surface area contributed by atoms with E-state index in [9.17, 15) is 4.79 Å². The van der Waals surface area contributed by atoms with Gasteiger partial charge in [0.1, 0.15) is 5.69 Å². The Balaban J connectivity index is 1.44. The van der Waals surface area contributed by atoms with Crippen molar-refractivity contribution in [2.75, 3.05) is 25.4 Å². The van der Waals surface area contributed by atoms with Crippen LogP contribution < -0.4 is 16.6 Å². The van der Waals surface area contributed by atoms with E-state index in [1.165, 1.54) is 5.56 Å². The molecule has 3 atom stereocenters. The third-order valence-corrected chi connectivity index (χ3v) is 5.83. The Morgan fingerprint density at radius 2 is 2.11 bits per heavy atom. The Kier molecular flexibility index (Phi) is 5.54. The molecule has 0 spiro atoms. The highest BCUT2D eigenvalue weighted by Gasteiger charge is 2.37. The molecular weight excluding hydrogens is 352 g/mol. The number of hydrogen-bond donors (Lipinski definition) is 3. The second-order valence-electron chi connectivity index (χ2n) is 7.91. The van der Waals surface area contributed by atoms with Gasteiger partial charge in [0.25, 0.3) is 5.91 Å². The first-order chi connectivity index (χ1) is 13.6. The van der Waals surface area contributed by atoms with E-state index in [0.29, 0.717) is 29.3 Å². The summed E-state index contributed by atoms with van der Waals surface area (Å²) >= 11 is 0. The van der Waals surface area contributed by atoms with Gasteiger partial charge in [-0.15, -0.1) is 0 Å². The molecule has 2 aliphatic rings. The number of amides is 1. The average molecular weight is 380 g/mol. The Morgan fingerprint density at radius 1 is 1.29 bits per heavy atom. The summed E-state index contributed by atoms with van der Waals surface area (Å²) in [7, 11) is 0. The van der Waals surface area contributed by atoms with Crippen LogP contribution in [0.1, 0.15) is 34.6 Å². The molecule has 4 rings (SSSR count). The number of carbonyl (C=O) groups excluding carboxylic acids is 1. The number of nitrogens with zero attached hydrogens (tertiary/aromatic N) is 3. The molecule has 7 nitrogen and oxygen atoms in total. The smallest absolute Gasteiger partial charge is 0.272 e. The average Bonchev–Trinajstić information content (AvgIpc) is 3.15. The quantitative estimate of drug-likeness (QED) is 0.745. The maximum absolute atomic E-state index is 13.0. The summed E-state index contributed by atoms with van der Waals surface area (Å²) in [5.41, 5.74) is 15.0. The van der Waals surface area contributed by atoms with Crippen LogP contribution >= 0.6 is 0 Å². The van der Waals surface area contributed by atoms with Crippen molar-refractivity contribution in [1.82, 2.24) is 25.7 Å². The summed E-state index contributed by atoms with van der Waals surface area (Å²) in [4.78, 5) is 23.1. The Hall–Kier alpha value is -2.51. The highest BCUT2D eigenvalue weighted by atomic mass is 16.2.